The number of aliphatic hydroxyl groups is 1. The van der Waals surface area contributed by atoms with E-state index >= 15 is 0 Å². The van der Waals surface area contributed by atoms with Gasteiger partial charge in [-0.1, -0.05) is 380 Å². The number of rotatable bonds is 83. The van der Waals surface area contributed by atoms with Gasteiger partial charge in [-0.2, -0.15) is 0 Å². The summed E-state index contributed by atoms with van der Waals surface area (Å²) in [5.41, 5.74) is 0. The number of hydrogen-bond donors (Lipinski definition) is 3. The molecule has 0 bridgehead atoms. The minimum absolute atomic E-state index is 0.0850. The second-order valence-electron chi connectivity index (χ2n) is 30.4. The molecule has 0 aromatic rings. The van der Waals surface area contributed by atoms with Crippen LogP contribution in [0.5, 0.6) is 0 Å². The number of hydrogen-bond acceptors (Lipinski definition) is 15. The highest BCUT2D eigenvalue weighted by atomic mass is 31.2. The highest BCUT2D eigenvalue weighted by molar-refractivity contribution is 7.47. The van der Waals surface area contributed by atoms with Crippen LogP contribution in [0.4, 0.5) is 0 Å². The van der Waals surface area contributed by atoms with E-state index in [4.69, 9.17) is 37.0 Å². The quantitative estimate of drug-likeness (QED) is 0.0169. The zero-order valence-corrected chi connectivity index (χ0v) is 69.4. The molecule has 104 heavy (non-hydrogen) atoms. The number of carbonyl (C=O) groups is 4. The summed E-state index contributed by atoms with van der Waals surface area (Å²) in [4.78, 5) is 73.2. The fourth-order valence-corrected chi connectivity index (χ4v) is 14.3. The molecule has 0 rings (SSSR count). The number of aliphatic hydroxyl groups excluding tert-OH is 1. The van der Waals surface area contributed by atoms with Gasteiger partial charge in [0.25, 0.3) is 0 Å². The van der Waals surface area contributed by atoms with Crippen LogP contribution in [0.3, 0.4) is 0 Å². The molecule has 0 aliphatic heterocycles. The van der Waals surface area contributed by atoms with E-state index in [9.17, 15) is 43.2 Å². The average Bonchev–Trinajstić information content (AvgIpc) is 0.912. The molecule has 2 unspecified atom stereocenters. The van der Waals surface area contributed by atoms with Gasteiger partial charge in [0.2, 0.25) is 0 Å². The van der Waals surface area contributed by atoms with Gasteiger partial charge < -0.3 is 33.8 Å². The summed E-state index contributed by atoms with van der Waals surface area (Å²) in [6.45, 7) is 7.25. The maximum absolute atomic E-state index is 13.1. The van der Waals surface area contributed by atoms with Crippen molar-refractivity contribution in [3.8, 4) is 0 Å². The SMILES string of the molecule is CCCCCC/C=C\C=C/CCCCCCCC(=O)O[C@H](COC(=O)CCCCCCCCCCC(C)C)COP(=O)(O)OC[C@H](O)COP(=O)(O)OC[C@@H](COC(=O)CCCCCCCCCCCCCCCCCCCC)OC(=O)CCCCCCCCCCCCCCCCCCCCCC. The summed E-state index contributed by atoms with van der Waals surface area (Å²) in [5, 5.41) is 10.7. The summed E-state index contributed by atoms with van der Waals surface area (Å²) in [6, 6.07) is 0. The summed E-state index contributed by atoms with van der Waals surface area (Å²) >= 11 is 0. The van der Waals surface area contributed by atoms with E-state index in [1.165, 1.54) is 244 Å². The van der Waals surface area contributed by atoms with Crippen molar-refractivity contribution in [1.29, 1.82) is 0 Å². The first kappa shape index (κ1) is 102. The summed E-state index contributed by atoms with van der Waals surface area (Å²) < 4.78 is 68.8. The van der Waals surface area contributed by atoms with Crippen LogP contribution in [0.25, 0.3) is 0 Å². The van der Waals surface area contributed by atoms with Gasteiger partial charge in [0.15, 0.2) is 12.2 Å². The molecule has 0 saturated heterocycles. The van der Waals surface area contributed by atoms with Crippen LogP contribution in [0.1, 0.15) is 433 Å². The van der Waals surface area contributed by atoms with Crippen molar-refractivity contribution in [1.82, 2.24) is 0 Å². The fraction of sp³-hybridized carbons (Fsp3) is 0.906. The minimum Gasteiger partial charge on any atom is -0.462 e. The number of phosphoric ester groups is 2. The molecular weight excluding hydrogens is 1350 g/mol. The summed E-state index contributed by atoms with van der Waals surface area (Å²) in [6.07, 6.45) is 73.1. The Labute approximate surface area is 637 Å². The van der Waals surface area contributed by atoms with Gasteiger partial charge in [0, 0.05) is 25.7 Å². The van der Waals surface area contributed by atoms with Crippen molar-refractivity contribution in [3.05, 3.63) is 24.3 Å². The van der Waals surface area contributed by atoms with Gasteiger partial charge in [-0.05, 0) is 57.3 Å². The molecule has 17 nitrogen and oxygen atoms in total. The molecule has 19 heteroatoms. The van der Waals surface area contributed by atoms with Gasteiger partial charge in [0.05, 0.1) is 26.4 Å². The molecule has 3 N–H and O–H groups in total. The molecule has 0 heterocycles. The number of esters is 4. The van der Waals surface area contributed by atoms with E-state index in [1.807, 2.05) is 0 Å². The first-order chi connectivity index (χ1) is 50.5. The molecule has 5 atom stereocenters. The fourth-order valence-electron chi connectivity index (χ4n) is 12.8. The molecule has 0 radical (unpaired) electrons. The number of ether oxygens (including phenoxy) is 4. The van der Waals surface area contributed by atoms with Crippen molar-refractivity contribution in [2.45, 2.75) is 451 Å². The van der Waals surface area contributed by atoms with E-state index in [0.717, 1.165) is 109 Å². The average molecular weight is 1520 g/mol. The molecule has 0 saturated carbocycles. The molecular formula is C85H162O17P2. The van der Waals surface area contributed by atoms with Gasteiger partial charge in [-0.25, -0.2) is 9.13 Å². The Morgan fingerprint density at radius 2 is 0.519 bits per heavy atom. The van der Waals surface area contributed by atoms with Crippen molar-refractivity contribution in [2.24, 2.45) is 5.92 Å². The Morgan fingerprint density at radius 3 is 0.788 bits per heavy atom. The van der Waals surface area contributed by atoms with Crippen molar-refractivity contribution >= 4 is 39.5 Å². The monoisotopic (exact) mass is 1520 g/mol. The van der Waals surface area contributed by atoms with Gasteiger partial charge in [-0.15, -0.1) is 0 Å². The Morgan fingerprint density at radius 1 is 0.298 bits per heavy atom. The van der Waals surface area contributed by atoms with E-state index < -0.39 is 97.5 Å². The summed E-state index contributed by atoms with van der Waals surface area (Å²) in [5.74, 6) is -1.41. The maximum atomic E-state index is 13.1. The van der Waals surface area contributed by atoms with E-state index in [1.54, 1.807) is 0 Å². The molecule has 0 aromatic carbocycles. The zero-order chi connectivity index (χ0) is 76.2. The number of phosphoric acid groups is 2. The molecule has 0 aliphatic rings. The number of unbranched alkanes of at least 4 members (excludes halogenated alkanes) is 52. The normalized spacial score (nSPS) is 13.9. The lowest BCUT2D eigenvalue weighted by Crippen LogP contribution is -2.30. The van der Waals surface area contributed by atoms with Crippen molar-refractivity contribution < 1.29 is 80.2 Å². The number of carbonyl (C=O) groups excluding carboxylic acids is 4. The zero-order valence-electron chi connectivity index (χ0n) is 67.7. The maximum Gasteiger partial charge on any atom is 0.472 e. The lowest BCUT2D eigenvalue weighted by Gasteiger charge is -2.21. The van der Waals surface area contributed by atoms with Crippen LogP contribution < -0.4 is 0 Å². The molecule has 0 aliphatic carbocycles. The second-order valence-corrected chi connectivity index (χ2v) is 33.3. The Balaban J connectivity index is 5.27. The van der Waals surface area contributed by atoms with Crippen LogP contribution in [-0.2, 0) is 65.4 Å². The lowest BCUT2D eigenvalue weighted by atomic mass is 10.0. The highest BCUT2D eigenvalue weighted by Gasteiger charge is 2.30. The molecule has 0 spiro atoms. The Kier molecular flexibility index (Phi) is 75.4. The van der Waals surface area contributed by atoms with Gasteiger partial charge in [-0.3, -0.25) is 37.3 Å². The largest absolute Gasteiger partial charge is 0.472 e. The van der Waals surface area contributed by atoms with Crippen LogP contribution in [0, 0.1) is 5.92 Å². The lowest BCUT2D eigenvalue weighted by molar-refractivity contribution is -0.161. The van der Waals surface area contributed by atoms with E-state index in [-0.39, 0.29) is 25.7 Å². The smallest absolute Gasteiger partial charge is 0.462 e. The molecule has 614 valence electrons. The molecule has 0 aromatic heterocycles. The van der Waals surface area contributed by atoms with Gasteiger partial charge in [0.1, 0.15) is 19.3 Å². The third-order valence-corrected chi connectivity index (χ3v) is 21.3. The van der Waals surface area contributed by atoms with Crippen LogP contribution >= 0.6 is 15.6 Å². The first-order valence-corrected chi connectivity index (χ1v) is 46.4. The highest BCUT2D eigenvalue weighted by Crippen LogP contribution is 2.45. The van der Waals surface area contributed by atoms with Crippen LogP contribution in [0.15, 0.2) is 24.3 Å². The minimum atomic E-state index is -4.97. The standard InChI is InChI=1S/C85H162O17P2/c1-6-9-12-15-18-21-24-27-30-32-34-35-37-40-43-46-49-56-61-66-71-84(89)101-80(74-95-82(87)68-63-58-53-47-44-41-39-36-33-31-28-25-22-19-16-13-10-7-2)76-99-103(91,92)97-72-79(86)73-98-104(93,94)100-77-81(75-96-83(88)69-64-59-54-51-50-52-57-62-67-78(4)5)102-85(90)70-65-60-55-48-45-42-38-29-26-23-20-17-14-11-8-3/h23,26,29,38,78-81,86H,6-22,24-25,27-28,30-37,39-77H2,1-5H3,(H,91,92)(H,93,94)/b26-23-,38-29-/t79-,80-,81-/m1/s1. The van der Waals surface area contributed by atoms with Crippen molar-refractivity contribution in [2.75, 3.05) is 39.6 Å². The molecule has 0 fully saturated rings. The summed E-state index contributed by atoms with van der Waals surface area (Å²) in [7, 11) is -9.94. The van der Waals surface area contributed by atoms with E-state index in [0.29, 0.717) is 25.7 Å². The number of allylic oxidation sites excluding steroid dienone is 4. The predicted molar refractivity (Wildman–Crippen MR) is 428 cm³/mol. The third-order valence-electron chi connectivity index (χ3n) is 19.4. The van der Waals surface area contributed by atoms with Gasteiger partial charge >= 0.3 is 39.5 Å². The molecule has 0 amide bonds. The van der Waals surface area contributed by atoms with E-state index in [2.05, 4.69) is 58.9 Å². The Bertz CT molecular complexity index is 2070. The predicted octanol–water partition coefficient (Wildman–Crippen LogP) is 25.5. The first-order valence-electron chi connectivity index (χ1n) is 43.5. The van der Waals surface area contributed by atoms with Crippen LogP contribution in [-0.4, -0.2) is 96.7 Å². The topological polar surface area (TPSA) is 237 Å². The second kappa shape index (κ2) is 77.3. The Hall–Kier alpha value is -2.46. The third kappa shape index (κ3) is 77.7. The van der Waals surface area contributed by atoms with Crippen molar-refractivity contribution in [3.63, 3.8) is 0 Å². The van der Waals surface area contributed by atoms with Crippen LogP contribution in [0.2, 0.25) is 0 Å².